The maximum atomic E-state index is 14.0. The highest BCUT2D eigenvalue weighted by Crippen LogP contribution is 2.25. The van der Waals surface area contributed by atoms with E-state index in [2.05, 4.69) is 35.9 Å². The first-order valence-corrected chi connectivity index (χ1v) is 17.9. The van der Waals surface area contributed by atoms with E-state index in [4.69, 9.17) is 10.5 Å². The third kappa shape index (κ3) is 10.5. The lowest BCUT2D eigenvalue weighted by Crippen LogP contribution is -2.14. The molecule has 0 aliphatic carbocycles. The topological polar surface area (TPSA) is 194 Å². The first-order chi connectivity index (χ1) is 29.1. The number of nitro groups is 1. The van der Waals surface area contributed by atoms with Crippen LogP contribution in [0.4, 0.5) is 37.7 Å². The third-order valence-electron chi connectivity index (χ3n) is 8.43. The van der Waals surface area contributed by atoms with Crippen molar-refractivity contribution in [1.82, 2.24) is 29.1 Å². The van der Waals surface area contributed by atoms with Crippen LogP contribution in [-0.2, 0) is 13.1 Å². The molecule has 4 aromatic heterocycles. The summed E-state index contributed by atoms with van der Waals surface area (Å²) in [6.07, 6.45) is 4.94. The number of nitrogen functional groups attached to an aromatic ring is 1. The van der Waals surface area contributed by atoms with Crippen molar-refractivity contribution < 1.29 is 41.1 Å². The molecule has 310 valence electrons. The molecule has 0 fully saturated rings. The fraction of sp³-hybridized carbons (Fsp3) is 0.0500. The lowest BCUT2D eigenvalue weighted by atomic mass is 10.1. The van der Waals surface area contributed by atoms with Gasteiger partial charge in [-0.1, -0.05) is 0 Å². The van der Waals surface area contributed by atoms with Crippen molar-refractivity contribution in [3.05, 3.63) is 191 Å². The average Bonchev–Trinajstić information content (AvgIpc) is 3.21. The largest absolute Gasteiger partial charge is 0.508 e. The predicted octanol–water partition coefficient (Wildman–Crippen LogP) is 7.95. The molecule has 3 N–H and O–H groups in total. The van der Waals surface area contributed by atoms with Crippen LogP contribution in [0.25, 0.3) is 21.8 Å². The molecule has 8 rings (SSSR count). The molecule has 21 heteroatoms. The molecule has 0 aliphatic rings. The van der Waals surface area contributed by atoms with Crippen LogP contribution in [0.3, 0.4) is 0 Å². The number of nitrogens with two attached hydrogens (primary N) is 1. The Morgan fingerprint density at radius 2 is 1.20 bits per heavy atom. The normalized spacial score (nSPS) is 10.7. The van der Waals surface area contributed by atoms with Gasteiger partial charge in [0.2, 0.25) is 5.88 Å². The molecule has 4 aromatic carbocycles. The van der Waals surface area contributed by atoms with Gasteiger partial charge in [0.05, 0.1) is 64.4 Å². The zero-order valence-electron chi connectivity index (χ0n) is 30.6. The van der Waals surface area contributed by atoms with Crippen LogP contribution in [-0.4, -0.2) is 39.1 Å². The van der Waals surface area contributed by atoms with E-state index in [0.717, 1.165) is 6.33 Å². The maximum Gasteiger partial charge on any atom is 0.287 e. The van der Waals surface area contributed by atoms with E-state index < -0.39 is 50.9 Å². The molecule has 61 heavy (non-hydrogen) atoms. The molecule has 0 spiro atoms. The minimum Gasteiger partial charge on any atom is -0.508 e. The van der Waals surface area contributed by atoms with E-state index in [9.17, 15) is 51.2 Å². The van der Waals surface area contributed by atoms with Gasteiger partial charge in [0.1, 0.15) is 57.2 Å². The second-order valence-corrected chi connectivity index (χ2v) is 13.4. The Morgan fingerprint density at radius 1 is 0.672 bits per heavy atom. The third-order valence-corrected chi connectivity index (χ3v) is 8.90. The number of aromatic nitrogens is 6. The number of phenolic OH excluding ortho intramolecular Hbond substituents is 1. The van der Waals surface area contributed by atoms with Gasteiger partial charge in [-0.3, -0.25) is 19.7 Å². The number of aromatic hydroxyl groups is 1. The van der Waals surface area contributed by atoms with Crippen molar-refractivity contribution in [3.8, 4) is 17.4 Å². The highest BCUT2D eigenvalue weighted by molar-refractivity contribution is 9.10. The van der Waals surface area contributed by atoms with Crippen molar-refractivity contribution in [3.63, 3.8) is 0 Å². The Kier molecular flexibility index (Phi) is 13.0. The Balaban J connectivity index is 0.000000171. The number of pyridine rings is 2. The molecule has 0 radical (unpaired) electrons. The number of nitrogens with zero attached hydrogens (tertiary/aromatic N) is 7. The monoisotopic (exact) mass is 906 g/mol. The second-order valence-electron chi connectivity index (χ2n) is 12.6. The minimum absolute atomic E-state index is 0.00296. The number of benzene rings is 4. The second kappa shape index (κ2) is 18.5. The van der Waals surface area contributed by atoms with Crippen molar-refractivity contribution in [2.45, 2.75) is 13.1 Å². The number of halogens is 7. The fourth-order valence-corrected chi connectivity index (χ4v) is 5.78. The van der Waals surface area contributed by atoms with Crippen LogP contribution in [0.15, 0.2) is 124 Å². The van der Waals surface area contributed by atoms with Crippen molar-refractivity contribution in [2.75, 3.05) is 5.73 Å². The summed E-state index contributed by atoms with van der Waals surface area (Å²) in [6, 6.07) is 17.1. The first-order valence-electron chi connectivity index (χ1n) is 17.2. The summed E-state index contributed by atoms with van der Waals surface area (Å²) in [5.74, 6) is -5.64. The van der Waals surface area contributed by atoms with Crippen LogP contribution in [0, 0.1) is 45.0 Å². The number of anilines is 1. The lowest BCUT2D eigenvalue weighted by Gasteiger charge is -2.12. The molecule has 14 nitrogen and oxygen atoms in total. The van der Waals surface area contributed by atoms with Crippen LogP contribution in [0.5, 0.6) is 17.4 Å². The average molecular weight is 908 g/mol. The highest BCUT2D eigenvalue weighted by atomic mass is 79.9. The van der Waals surface area contributed by atoms with E-state index >= 15 is 0 Å². The van der Waals surface area contributed by atoms with Crippen LogP contribution in [0.1, 0.15) is 11.1 Å². The van der Waals surface area contributed by atoms with Gasteiger partial charge in [0.25, 0.3) is 16.8 Å². The summed E-state index contributed by atoms with van der Waals surface area (Å²) in [5.41, 5.74) is 4.99. The summed E-state index contributed by atoms with van der Waals surface area (Å²) in [6.45, 7) is -0.548. The van der Waals surface area contributed by atoms with Crippen LogP contribution < -0.4 is 21.6 Å². The predicted molar refractivity (Wildman–Crippen MR) is 212 cm³/mol. The molecule has 0 unspecified atom stereocenters. The van der Waals surface area contributed by atoms with E-state index in [1.54, 1.807) is 24.3 Å². The molecule has 0 atom stereocenters. The molecule has 0 aliphatic heterocycles. The van der Waals surface area contributed by atoms with E-state index in [0.29, 0.717) is 51.3 Å². The molecule has 4 heterocycles. The molecule has 0 saturated heterocycles. The standard InChI is InChI=1S/C20H13F3N4O2.C15H9F3N2O2.C5H3BrN2O2/c21-11-5-16(22)15(17(23)6-11)9-27-10-26-20(28)14-7-13(2-3-18(14)27)29-19-4-1-12(24)8-25-19;16-8-3-12(17)11(13(18)4-8)6-20-7-19-15(22)10-5-9(21)1-2-14(10)20;6-5-2-1-4(3-7-5)8(9)10/h1-8,10H,9,24H2;1-5,7,21H,6H2;1-3H. The fourth-order valence-electron chi connectivity index (χ4n) is 5.54. The molecule has 0 saturated carbocycles. The van der Waals surface area contributed by atoms with Crippen molar-refractivity contribution in [2.24, 2.45) is 0 Å². The van der Waals surface area contributed by atoms with Crippen molar-refractivity contribution in [1.29, 1.82) is 0 Å². The summed E-state index contributed by atoms with van der Waals surface area (Å²) in [7, 11) is 0. The van der Waals surface area contributed by atoms with Crippen LogP contribution in [0.2, 0.25) is 0 Å². The quantitative estimate of drug-likeness (QED) is 0.0682. The van der Waals surface area contributed by atoms with Gasteiger partial charge in [-0.05, 0) is 64.5 Å². The number of hydrogen-bond acceptors (Lipinski definition) is 11. The Labute approximate surface area is 346 Å². The van der Waals surface area contributed by atoms with Gasteiger partial charge in [-0.15, -0.1) is 0 Å². The maximum absolute atomic E-state index is 14.0. The number of rotatable bonds is 7. The molecule has 0 bridgehead atoms. The van der Waals surface area contributed by atoms with E-state index in [-0.39, 0.29) is 52.3 Å². The Morgan fingerprint density at radius 3 is 1.67 bits per heavy atom. The summed E-state index contributed by atoms with van der Waals surface area (Å²) < 4.78 is 90.4. The number of ether oxygens (including phenoxy) is 1. The Hall–Kier alpha value is -7.68. The smallest absolute Gasteiger partial charge is 0.287 e. The number of fused-ring (bicyclic) bond motifs is 2. The zero-order valence-corrected chi connectivity index (χ0v) is 32.2. The van der Waals surface area contributed by atoms with Gasteiger partial charge in [0.15, 0.2) is 0 Å². The van der Waals surface area contributed by atoms with E-state index in [1.807, 2.05) is 0 Å². The van der Waals surface area contributed by atoms with Crippen molar-refractivity contribution >= 4 is 49.1 Å². The SMILES string of the molecule is Nc1ccc(Oc2ccc3c(c2)c(=O)ncn3Cc2c(F)cc(F)cc2F)nc1.O=[N+]([O-])c1ccc(Br)nc1.O=c1ncn(Cc2c(F)cc(F)cc2F)c2ccc(O)cc12. The minimum atomic E-state index is -1.02. The van der Waals surface area contributed by atoms with E-state index in [1.165, 1.54) is 64.3 Å². The number of phenols is 1. The summed E-state index contributed by atoms with van der Waals surface area (Å²) in [5, 5.41) is 19.8. The number of hydrogen-bond donors (Lipinski definition) is 2. The molecule has 0 amide bonds. The lowest BCUT2D eigenvalue weighted by molar-refractivity contribution is -0.385. The highest BCUT2D eigenvalue weighted by Gasteiger charge is 2.16. The molecular formula is C40H25BrF6N8O6. The first kappa shape index (κ1) is 42.9. The van der Waals surface area contributed by atoms with Gasteiger partial charge in [-0.2, -0.15) is 9.97 Å². The molecular weight excluding hydrogens is 882 g/mol. The Bertz CT molecular complexity index is 3000. The van der Waals surface area contributed by atoms with Crippen LogP contribution >= 0.6 is 15.9 Å². The molecule has 8 aromatic rings. The van der Waals surface area contributed by atoms with Gasteiger partial charge < -0.3 is 24.7 Å². The van der Waals surface area contributed by atoms with Gasteiger partial charge in [-0.25, -0.2) is 36.3 Å². The zero-order chi connectivity index (χ0) is 44.0. The van der Waals surface area contributed by atoms with Gasteiger partial charge >= 0.3 is 0 Å². The summed E-state index contributed by atoms with van der Waals surface area (Å²) >= 11 is 3.06. The van der Waals surface area contributed by atoms with Gasteiger partial charge in [0, 0.05) is 47.5 Å². The summed E-state index contributed by atoms with van der Waals surface area (Å²) in [4.78, 5) is 48.5.